The van der Waals surface area contributed by atoms with Crippen LogP contribution in [-0.4, -0.2) is 23.8 Å². The highest BCUT2D eigenvalue weighted by molar-refractivity contribution is 6.41. The number of nitrogens with one attached hydrogen (secondary N) is 1. The van der Waals surface area contributed by atoms with E-state index in [2.05, 4.69) is 17.4 Å². The van der Waals surface area contributed by atoms with Gasteiger partial charge in [0.15, 0.2) is 0 Å². The minimum absolute atomic E-state index is 0.0425. The van der Waals surface area contributed by atoms with Gasteiger partial charge in [-0.2, -0.15) is 5.10 Å². The lowest BCUT2D eigenvalue weighted by atomic mass is 9.89. The molecule has 3 aromatic carbocycles. The van der Waals surface area contributed by atoms with Crippen molar-refractivity contribution < 1.29 is 9.53 Å². The van der Waals surface area contributed by atoms with E-state index < -0.39 is 0 Å². The maximum atomic E-state index is 13.7. The van der Waals surface area contributed by atoms with E-state index in [4.69, 9.17) is 44.6 Å². The summed E-state index contributed by atoms with van der Waals surface area (Å²) in [6.45, 7) is 2.54. The second kappa shape index (κ2) is 12.1. The number of carbonyl (C=O) groups is 1. The van der Waals surface area contributed by atoms with Gasteiger partial charge in [-0.1, -0.05) is 97.0 Å². The Morgan fingerprint density at radius 3 is 2.42 bits per heavy atom. The van der Waals surface area contributed by atoms with E-state index in [1.54, 1.807) is 12.1 Å². The third kappa shape index (κ3) is 6.02. The van der Waals surface area contributed by atoms with E-state index in [1.807, 2.05) is 60.5 Å². The number of hydrazone groups is 1. The number of rotatable bonds is 7. The molecule has 0 aromatic heterocycles. The predicted molar refractivity (Wildman–Crippen MR) is 155 cm³/mol. The maximum absolute atomic E-state index is 13.7. The van der Waals surface area contributed by atoms with Crippen molar-refractivity contribution in [3.8, 4) is 0 Å². The van der Waals surface area contributed by atoms with Crippen LogP contribution in [0.5, 0.6) is 0 Å². The van der Waals surface area contributed by atoms with E-state index >= 15 is 0 Å². The summed E-state index contributed by atoms with van der Waals surface area (Å²) < 4.78 is 6.28. The van der Waals surface area contributed by atoms with E-state index in [0.717, 1.165) is 36.8 Å². The Morgan fingerprint density at radius 1 is 0.974 bits per heavy atom. The Hall–Kier alpha value is -2.57. The molecule has 1 aliphatic heterocycles. The monoisotopic (exact) mass is 569 g/mol. The van der Waals surface area contributed by atoms with Gasteiger partial charge in [-0.05, 0) is 54.3 Å². The summed E-state index contributed by atoms with van der Waals surface area (Å²) in [7, 11) is 0. The van der Waals surface area contributed by atoms with Gasteiger partial charge in [0, 0.05) is 16.0 Å². The number of halogens is 3. The van der Waals surface area contributed by atoms with E-state index in [9.17, 15) is 4.79 Å². The van der Waals surface area contributed by atoms with E-state index in [0.29, 0.717) is 33.1 Å². The fraction of sp³-hybridized carbons (Fsp3) is 0.333. The molecule has 38 heavy (non-hydrogen) atoms. The van der Waals surface area contributed by atoms with Crippen molar-refractivity contribution >= 4 is 52.1 Å². The van der Waals surface area contributed by atoms with Crippen molar-refractivity contribution in [2.24, 2.45) is 11.0 Å². The second-order valence-electron chi connectivity index (χ2n) is 9.91. The molecular weight excluding hydrogens is 541 g/mol. The summed E-state index contributed by atoms with van der Waals surface area (Å²) >= 11 is 18.9. The van der Waals surface area contributed by atoms with Gasteiger partial charge in [0.05, 0.1) is 35.5 Å². The van der Waals surface area contributed by atoms with Crippen LogP contribution in [0.3, 0.4) is 0 Å². The lowest BCUT2D eigenvalue weighted by molar-refractivity contribution is -0.117. The van der Waals surface area contributed by atoms with Gasteiger partial charge in [-0.15, -0.1) is 0 Å². The fourth-order valence-corrected chi connectivity index (χ4v) is 5.95. The van der Waals surface area contributed by atoms with Crippen LogP contribution in [0.4, 0.5) is 5.69 Å². The Balaban J connectivity index is 1.38. The summed E-state index contributed by atoms with van der Waals surface area (Å²) in [5.74, 6) is -0.376. The van der Waals surface area contributed by atoms with Crippen molar-refractivity contribution in [1.29, 1.82) is 0 Å². The average molecular weight is 571 g/mol. The number of hydrogen-bond acceptors (Lipinski definition) is 4. The zero-order chi connectivity index (χ0) is 26.6. The third-order valence-corrected chi connectivity index (χ3v) is 8.10. The molecule has 1 amide bonds. The first-order chi connectivity index (χ1) is 18.4. The first-order valence-electron chi connectivity index (χ1n) is 13.0. The largest absolute Gasteiger partial charge is 0.371 e. The fourth-order valence-electron chi connectivity index (χ4n) is 5.32. The third-order valence-electron chi connectivity index (χ3n) is 7.31. The summed E-state index contributed by atoms with van der Waals surface area (Å²) in [6.07, 6.45) is 3.89. The van der Waals surface area contributed by atoms with Crippen molar-refractivity contribution in [1.82, 2.24) is 5.32 Å². The SMILES string of the molecule is C[C@H]1C(C(=O)N[C@@H]2CCCC[C@H]2OCc2ccccc2)=NN(c2ccc(Cl)cc2Cl)[C@H]1c1ccc(Cl)cc1. The highest BCUT2D eigenvalue weighted by atomic mass is 35.5. The molecule has 5 rings (SSSR count). The molecule has 3 aromatic rings. The van der Waals surface area contributed by atoms with Gasteiger partial charge < -0.3 is 10.1 Å². The minimum Gasteiger partial charge on any atom is -0.371 e. The molecule has 1 saturated carbocycles. The van der Waals surface area contributed by atoms with E-state index in [-0.39, 0.29) is 30.0 Å². The van der Waals surface area contributed by atoms with Crippen LogP contribution in [0.25, 0.3) is 0 Å². The normalized spacial score (nSPS) is 23.3. The van der Waals surface area contributed by atoms with Crippen molar-refractivity contribution in [2.75, 3.05) is 5.01 Å². The molecule has 4 atom stereocenters. The summed E-state index contributed by atoms with van der Waals surface area (Å²) in [6, 6.07) is 22.7. The highest BCUT2D eigenvalue weighted by Crippen LogP contribution is 2.42. The van der Waals surface area contributed by atoms with Crippen LogP contribution in [0.15, 0.2) is 77.9 Å². The van der Waals surface area contributed by atoms with Gasteiger partial charge in [-0.3, -0.25) is 9.80 Å². The molecule has 0 radical (unpaired) electrons. The van der Waals surface area contributed by atoms with Crippen LogP contribution in [0, 0.1) is 5.92 Å². The van der Waals surface area contributed by atoms with Gasteiger partial charge >= 0.3 is 0 Å². The maximum Gasteiger partial charge on any atom is 0.268 e. The van der Waals surface area contributed by atoms with Crippen molar-refractivity contribution in [3.63, 3.8) is 0 Å². The highest BCUT2D eigenvalue weighted by Gasteiger charge is 2.41. The van der Waals surface area contributed by atoms with Gasteiger partial charge in [-0.25, -0.2) is 0 Å². The van der Waals surface area contributed by atoms with Gasteiger partial charge in [0.2, 0.25) is 0 Å². The van der Waals surface area contributed by atoms with Crippen molar-refractivity contribution in [2.45, 2.75) is 57.4 Å². The number of ether oxygens (including phenoxy) is 1. The number of anilines is 1. The van der Waals surface area contributed by atoms with Crippen LogP contribution in [0.2, 0.25) is 15.1 Å². The lowest BCUT2D eigenvalue weighted by Gasteiger charge is -2.32. The molecule has 5 nitrogen and oxygen atoms in total. The average Bonchev–Trinajstić information content (AvgIpc) is 3.26. The Kier molecular flexibility index (Phi) is 8.59. The van der Waals surface area contributed by atoms with Crippen molar-refractivity contribution in [3.05, 3.63) is 99.0 Å². The number of hydrogen-bond donors (Lipinski definition) is 1. The molecule has 8 heteroatoms. The molecular formula is C30H30Cl3N3O2. The Morgan fingerprint density at radius 2 is 1.68 bits per heavy atom. The number of nitrogens with zero attached hydrogens (tertiary/aromatic N) is 2. The quantitative estimate of drug-likeness (QED) is 0.315. The number of benzene rings is 3. The zero-order valence-electron chi connectivity index (χ0n) is 21.1. The molecule has 1 N–H and O–H groups in total. The molecule has 1 heterocycles. The van der Waals surface area contributed by atoms with Gasteiger partial charge in [0.25, 0.3) is 5.91 Å². The lowest BCUT2D eigenvalue weighted by Crippen LogP contribution is -2.49. The number of carbonyl (C=O) groups excluding carboxylic acids is 1. The molecule has 0 bridgehead atoms. The predicted octanol–water partition coefficient (Wildman–Crippen LogP) is 7.84. The van der Waals surface area contributed by atoms with Crippen LogP contribution in [0.1, 0.15) is 49.8 Å². The summed E-state index contributed by atoms with van der Waals surface area (Å²) in [5, 5.41) is 11.6. The topological polar surface area (TPSA) is 53.9 Å². The molecule has 0 spiro atoms. The standard InChI is InChI=1S/C30H30Cl3N3O2/c1-19-28(30(37)34-25-9-5-6-10-27(25)38-18-20-7-3-2-4-8-20)35-36(26-16-15-23(32)17-24(26)33)29(19)21-11-13-22(31)14-12-21/h2-4,7-8,11-17,19,25,27,29H,5-6,9-10,18H2,1H3,(H,34,37)/t19-,25+,27+,29+/m0/s1. The zero-order valence-corrected chi connectivity index (χ0v) is 23.4. The van der Waals surface area contributed by atoms with Gasteiger partial charge in [0.1, 0.15) is 5.71 Å². The van der Waals surface area contributed by atoms with Crippen LogP contribution >= 0.6 is 34.8 Å². The molecule has 0 unspecified atom stereocenters. The summed E-state index contributed by atoms with van der Waals surface area (Å²) in [5.41, 5.74) is 3.26. The Labute approximate surface area is 238 Å². The molecule has 2 aliphatic rings. The smallest absolute Gasteiger partial charge is 0.268 e. The van der Waals surface area contributed by atoms with Crippen LogP contribution in [-0.2, 0) is 16.1 Å². The van der Waals surface area contributed by atoms with Crippen LogP contribution < -0.4 is 10.3 Å². The minimum atomic E-state index is -0.233. The molecule has 0 saturated heterocycles. The molecule has 198 valence electrons. The summed E-state index contributed by atoms with van der Waals surface area (Å²) in [4.78, 5) is 13.7. The molecule has 1 aliphatic carbocycles. The number of amides is 1. The first kappa shape index (κ1) is 27.0. The Bertz CT molecular complexity index is 1300. The second-order valence-corrected chi connectivity index (χ2v) is 11.2. The molecule has 1 fully saturated rings. The van der Waals surface area contributed by atoms with E-state index in [1.165, 1.54) is 0 Å². The first-order valence-corrected chi connectivity index (χ1v) is 14.1.